The average molecular weight is 420 g/mol. The van der Waals surface area contributed by atoms with Crippen LogP contribution in [-0.4, -0.2) is 40.4 Å². The highest BCUT2D eigenvalue weighted by atomic mass is 16.5. The molecule has 0 amide bonds. The predicted octanol–water partition coefficient (Wildman–Crippen LogP) is 5.04. The topological polar surface area (TPSA) is 40.2 Å². The third-order valence-electron chi connectivity index (χ3n) is 6.16. The first-order valence-electron chi connectivity index (χ1n) is 10.3. The van der Waals surface area contributed by atoms with Crippen LogP contribution >= 0.6 is 0 Å². The maximum atomic E-state index is 5.62. The van der Waals surface area contributed by atoms with E-state index in [4.69, 9.17) is 18.9 Å². The maximum Gasteiger partial charge on any atom is 0.161 e. The highest BCUT2D eigenvalue weighted by molar-refractivity contribution is 5.53. The van der Waals surface area contributed by atoms with Crippen LogP contribution in [0.25, 0.3) is 0 Å². The first kappa shape index (κ1) is 21.1. The van der Waals surface area contributed by atoms with Crippen molar-refractivity contribution < 1.29 is 18.9 Å². The number of ether oxygens (including phenoxy) is 4. The van der Waals surface area contributed by atoms with Crippen molar-refractivity contribution in [2.75, 3.05) is 35.5 Å². The second-order valence-electron chi connectivity index (χ2n) is 7.72. The molecule has 5 nitrogen and oxygen atoms in total. The molecule has 1 aliphatic rings. The van der Waals surface area contributed by atoms with Crippen LogP contribution in [0.5, 0.6) is 23.0 Å². The molecule has 0 N–H and O–H groups in total. The van der Waals surface area contributed by atoms with Crippen molar-refractivity contribution in [3.63, 3.8) is 0 Å². The van der Waals surface area contributed by atoms with Crippen LogP contribution in [0.1, 0.15) is 34.3 Å². The van der Waals surface area contributed by atoms with E-state index in [1.165, 1.54) is 22.3 Å². The van der Waals surface area contributed by atoms with Crippen LogP contribution in [0.3, 0.4) is 0 Å². The summed E-state index contributed by atoms with van der Waals surface area (Å²) in [6, 6.07) is 21.2. The summed E-state index contributed by atoms with van der Waals surface area (Å²) in [5.74, 6) is 2.97. The molecule has 4 rings (SSSR count). The van der Waals surface area contributed by atoms with Crippen LogP contribution in [-0.2, 0) is 6.42 Å². The number of methoxy groups -OCH3 is 4. The summed E-state index contributed by atoms with van der Waals surface area (Å²) in [7, 11) is 8.87. The summed E-state index contributed by atoms with van der Waals surface area (Å²) in [4.78, 5) is 2.42. The first-order chi connectivity index (χ1) is 15.1. The van der Waals surface area contributed by atoms with Crippen molar-refractivity contribution in [3.05, 3.63) is 82.9 Å². The molecule has 0 spiro atoms. The van der Waals surface area contributed by atoms with Crippen LogP contribution in [0.2, 0.25) is 0 Å². The number of hydrogen-bond acceptors (Lipinski definition) is 5. The molecule has 0 radical (unpaired) electrons. The molecule has 31 heavy (non-hydrogen) atoms. The van der Waals surface area contributed by atoms with Gasteiger partial charge in [0, 0.05) is 6.04 Å². The first-order valence-corrected chi connectivity index (χ1v) is 10.3. The Kier molecular flexibility index (Phi) is 6.05. The SMILES string of the molecule is COc1ccc(C2Cc3cc(OC)c(OC)cc3C(c3ccccc3)N2C)cc1OC. The fourth-order valence-electron chi connectivity index (χ4n) is 4.58. The lowest BCUT2D eigenvalue weighted by molar-refractivity contribution is 0.179. The molecule has 0 bridgehead atoms. The zero-order chi connectivity index (χ0) is 22.0. The molecule has 1 heterocycles. The van der Waals surface area contributed by atoms with E-state index in [1.807, 2.05) is 12.1 Å². The number of nitrogens with zero attached hydrogens (tertiary/aromatic N) is 1. The molecule has 0 aliphatic carbocycles. The van der Waals surface area contributed by atoms with E-state index >= 15 is 0 Å². The Morgan fingerprint density at radius 2 is 1.29 bits per heavy atom. The van der Waals surface area contributed by atoms with E-state index in [-0.39, 0.29) is 12.1 Å². The Balaban J connectivity index is 1.86. The van der Waals surface area contributed by atoms with Crippen molar-refractivity contribution in [2.45, 2.75) is 18.5 Å². The van der Waals surface area contributed by atoms with Crippen molar-refractivity contribution >= 4 is 0 Å². The molecular weight excluding hydrogens is 390 g/mol. The van der Waals surface area contributed by atoms with Gasteiger partial charge in [0.05, 0.1) is 34.5 Å². The maximum absolute atomic E-state index is 5.62. The molecule has 0 saturated carbocycles. The summed E-state index contributed by atoms with van der Waals surface area (Å²) < 4.78 is 22.2. The monoisotopic (exact) mass is 419 g/mol. The Morgan fingerprint density at radius 3 is 1.94 bits per heavy atom. The minimum atomic E-state index is 0.0860. The van der Waals surface area contributed by atoms with Gasteiger partial charge in [-0.1, -0.05) is 36.4 Å². The van der Waals surface area contributed by atoms with Gasteiger partial charge >= 0.3 is 0 Å². The van der Waals surface area contributed by atoms with Gasteiger partial charge in [-0.2, -0.15) is 0 Å². The highest BCUT2D eigenvalue weighted by Crippen LogP contribution is 2.46. The van der Waals surface area contributed by atoms with Crippen LogP contribution < -0.4 is 18.9 Å². The van der Waals surface area contributed by atoms with Crippen LogP contribution in [0.4, 0.5) is 0 Å². The Hall–Kier alpha value is -3.18. The second kappa shape index (κ2) is 8.90. The van der Waals surface area contributed by atoms with Gasteiger partial charge in [-0.15, -0.1) is 0 Å². The summed E-state index contributed by atoms with van der Waals surface area (Å²) in [5, 5.41) is 0. The van der Waals surface area contributed by atoms with E-state index in [9.17, 15) is 0 Å². The van der Waals surface area contributed by atoms with E-state index in [2.05, 4.69) is 60.5 Å². The quantitative estimate of drug-likeness (QED) is 0.560. The van der Waals surface area contributed by atoms with Gasteiger partial charge in [0.1, 0.15) is 0 Å². The molecule has 0 aromatic heterocycles. The largest absolute Gasteiger partial charge is 0.493 e. The molecule has 162 valence electrons. The molecule has 2 atom stereocenters. The minimum absolute atomic E-state index is 0.0860. The minimum Gasteiger partial charge on any atom is -0.493 e. The molecular formula is C26H29NO4. The standard InChI is InChI=1S/C26H29NO4/c1-27-21(18-11-12-22(28-2)23(14-18)29-3)13-19-15-24(30-4)25(31-5)16-20(19)26(27)17-9-7-6-8-10-17/h6-12,14-16,21,26H,13H2,1-5H3. The number of likely N-dealkylation sites (N-methyl/N-ethyl adjacent to an activating group) is 1. The highest BCUT2D eigenvalue weighted by Gasteiger charge is 2.35. The molecule has 0 saturated heterocycles. The smallest absolute Gasteiger partial charge is 0.161 e. The van der Waals surface area contributed by atoms with E-state index in [1.54, 1.807) is 28.4 Å². The number of hydrogen-bond donors (Lipinski definition) is 0. The van der Waals surface area contributed by atoms with Crippen molar-refractivity contribution in [1.29, 1.82) is 0 Å². The van der Waals surface area contributed by atoms with Gasteiger partial charge in [-0.05, 0) is 60.0 Å². The summed E-state index contributed by atoms with van der Waals surface area (Å²) >= 11 is 0. The zero-order valence-corrected chi connectivity index (χ0v) is 18.7. The Bertz CT molecular complexity index is 1050. The van der Waals surface area contributed by atoms with Crippen molar-refractivity contribution in [1.82, 2.24) is 4.90 Å². The lowest BCUT2D eigenvalue weighted by atomic mass is 9.82. The molecule has 2 unspecified atom stereocenters. The van der Waals surface area contributed by atoms with Crippen molar-refractivity contribution in [2.24, 2.45) is 0 Å². The molecule has 3 aromatic carbocycles. The Labute approximate surface area is 184 Å². The van der Waals surface area contributed by atoms with Gasteiger partial charge in [-0.3, -0.25) is 4.90 Å². The predicted molar refractivity (Wildman–Crippen MR) is 122 cm³/mol. The van der Waals surface area contributed by atoms with E-state index in [0.29, 0.717) is 0 Å². The van der Waals surface area contributed by atoms with Crippen LogP contribution in [0, 0.1) is 0 Å². The number of benzene rings is 3. The third-order valence-corrected chi connectivity index (χ3v) is 6.16. The van der Waals surface area contributed by atoms with Crippen LogP contribution in [0.15, 0.2) is 60.7 Å². The van der Waals surface area contributed by atoms with Gasteiger partial charge in [-0.25, -0.2) is 0 Å². The number of rotatable bonds is 6. The normalized spacial score (nSPS) is 18.2. The molecule has 3 aromatic rings. The average Bonchev–Trinajstić information content (AvgIpc) is 2.82. The third kappa shape index (κ3) is 3.81. The summed E-state index contributed by atoms with van der Waals surface area (Å²) in [6.07, 6.45) is 0.852. The fourth-order valence-corrected chi connectivity index (χ4v) is 4.58. The van der Waals surface area contributed by atoms with Gasteiger partial charge in [0.15, 0.2) is 23.0 Å². The van der Waals surface area contributed by atoms with Gasteiger partial charge < -0.3 is 18.9 Å². The fraction of sp³-hybridized carbons (Fsp3) is 0.308. The van der Waals surface area contributed by atoms with Gasteiger partial charge in [0.2, 0.25) is 0 Å². The summed E-state index contributed by atoms with van der Waals surface area (Å²) in [5.41, 5.74) is 4.91. The number of fused-ring (bicyclic) bond motifs is 1. The Morgan fingerprint density at radius 1 is 0.677 bits per heavy atom. The van der Waals surface area contributed by atoms with Gasteiger partial charge in [0.25, 0.3) is 0 Å². The second-order valence-corrected chi connectivity index (χ2v) is 7.72. The van der Waals surface area contributed by atoms with E-state index in [0.717, 1.165) is 29.4 Å². The molecule has 5 heteroatoms. The molecule has 1 aliphatic heterocycles. The summed E-state index contributed by atoms with van der Waals surface area (Å²) in [6.45, 7) is 0. The zero-order valence-electron chi connectivity index (χ0n) is 18.7. The molecule has 0 fully saturated rings. The lowest BCUT2D eigenvalue weighted by Crippen LogP contribution is -2.36. The van der Waals surface area contributed by atoms with Crippen molar-refractivity contribution in [3.8, 4) is 23.0 Å². The lowest BCUT2D eigenvalue weighted by Gasteiger charge is -2.42. The van der Waals surface area contributed by atoms with E-state index < -0.39 is 0 Å².